The number of benzene rings is 11. The standard InChI is InChI=1S/C66H46N4/c1-5-17-51(18-6-1)67(55-35-29-47(30-36-55)49-33-43-61-59-25-13-15-27-63(59)69(65(61)45-49)53-21-9-3-10-22-53)57-39-41-58(42-40-57)68(52-19-7-2-8-20-52)56-37-31-48(32-38-56)50-34-44-62-60-26-14-16-28-64(60)70(66(62)46-50)54-23-11-4-12-24-54/h1-46H. The van der Waals surface area contributed by atoms with Crippen LogP contribution >= 0.6 is 0 Å². The Bertz CT molecular complexity index is 3690. The van der Waals surface area contributed by atoms with E-state index in [2.05, 4.69) is 298 Å². The van der Waals surface area contributed by atoms with Crippen molar-refractivity contribution in [3.63, 3.8) is 0 Å². The summed E-state index contributed by atoms with van der Waals surface area (Å²) in [6.07, 6.45) is 0. The summed E-state index contributed by atoms with van der Waals surface area (Å²) in [6.45, 7) is 0. The van der Waals surface area contributed by atoms with Gasteiger partial charge in [0.15, 0.2) is 0 Å². The summed E-state index contributed by atoms with van der Waals surface area (Å²) in [4.78, 5) is 4.67. The van der Waals surface area contributed by atoms with Crippen molar-refractivity contribution >= 4 is 77.7 Å². The highest BCUT2D eigenvalue weighted by Crippen LogP contribution is 2.42. The Kier molecular flexibility index (Phi) is 10.1. The van der Waals surface area contributed by atoms with E-state index in [-0.39, 0.29) is 0 Å². The molecule has 0 aliphatic carbocycles. The van der Waals surface area contributed by atoms with Crippen LogP contribution in [0.25, 0.3) is 77.2 Å². The second-order valence-electron chi connectivity index (χ2n) is 17.8. The number of anilines is 6. The predicted molar refractivity (Wildman–Crippen MR) is 295 cm³/mol. The van der Waals surface area contributed by atoms with Gasteiger partial charge < -0.3 is 18.9 Å². The molecular formula is C66H46N4. The van der Waals surface area contributed by atoms with Crippen LogP contribution in [-0.2, 0) is 0 Å². The summed E-state index contributed by atoms with van der Waals surface area (Å²) in [5, 5.41) is 5.01. The molecule has 0 aliphatic rings. The predicted octanol–water partition coefficient (Wildman–Crippen LogP) is 18.2. The molecule has 13 rings (SSSR count). The molecule has 330 valence electrons. The zero-order chi connectivity index (χ0) is 46.4. The first kappa shape index (κ1) is 40.9. The molecule has 2 aromatic heterocycles. The Hall–Kier alpha value is -9.38. The molecular weight excluding hydrogens is 849 g/mol. The Balaban J connectivity index is 0.833. The van der Waals surface area contributed by atoms with Crippen LogP contribution in [0.4, 0.5) is 34.1 Å². The highest BCUT2D eigenvalue weighted by Gasteiger charge is 2.19. The van der Waals surface area contributed by atoms with Crippen molar-refractivity contribution in [3.8, 4) is 33.6 Å². The molecule has 0 radical (unpaired) electrons. The molecule has 13 aromatic rings. The zero-order valence-corrected chi connectivity index (χ0v) is 38.3. The maximum Gasteiger partial charge on any atom is 0.0547 e. The maximum absolute atomic E-state index is 2.38. The fraction of sp³-hybridized carbons (Fsp3) is 0. The molecule has 2 heterocycles. The van der Waals surface area contributed by atoms with Crippen molar-refractivity contribution in [1.29, 1.82) is 0 Å². The minimum Gasteiger partial charge on any atom is -0.311 e. The van der Waals surface area contributed by atoms with Crippen molar-refractivity contribution in [2.45, 2.75) is 0 Å². The third kappa shape index (κ3) is 7.18. The van der Waals surface area contributed by atoms with E-state index >= 15 is 0 Å². The van der Waals surface area contributed by atoms with Gasteiger partial charge in [0.2, 0.25) is 0 Å². The van der Waals surface area contributed by atoms with Gasteiger partial charge in [-0.2, -0.15) is 0 Å². The molecule has 0 saturated carbocycles. The summed E-state index contributed by atoms with van der Waals surface area (Å²) in [5.74, 6) is 0. The summed E-state index contributed by atoms with van der Waals surface area (Å²) in [6, 6.07) is 101. The third-order valence-corrected chi connectivity index (χ3v) is 13.7. The van der Waals surface area contributed by atoms with E-state index in [9.17, 15) is 0 Å². The van der Waals surface area contributed by atoms with Crippen LogP contribution in [0.5, 0.6) is 0 Å². The number of hydrogen-bond acceptors (Lipinski definition) is 2. The second-order valence-corrected chi connectivity index (χ2v) is 17.8. The topological polar surface area (TPSA) is 16.3 Å². The quantitative estimate of drug-likeness (QED) is 0.136. The lowest BCUT2D eigenvalue weighted by atomic mass is 10.0. The van der Waals surface area contributed by atoms with Gasteiger partial charge >= 0.3 is 0 Å². The highest BCUT2D eigenvalue weighted by molar-refractivity contribution is 6.11. The number of hydrogen-bond donors (Lipinski definition) is 0. The first-order chi connectivity index (χ1) is 34.7. The first-order valence-corrected chi connectivity index (χ1v) is 23.9. The number of rotatable bonds is 10. The Morgan fingerprint density at radius 1 is 0.200 bits per heavy atom. The molecule has 0 saturated heterocycles. The molecule has 0 aliphatic heterocycles. The van der Waals surface area contributed by atoms with E-state index in [1.54, 1.807) is 0 Å². The Morgan fingerprint density at radius 3 is 0.843 bits per heavy atom. The molecule has 0 amide bonds. The first-order valence-electron chi connectivity index (χ1n) is 23.9. The van der Waals surface area contributed by atoms with Crippen LogP contribution in [0.2, 0.25) is 0 Å². The van der Waals surface area contributed by atoms with Gasteiger partial charge in [-0.05, 0) is 144 Å². The average molecular weight is 895 g/mol. The fourth-order valence-corrected chi connectivity index (χ4v) is 10.4. The SMILES string of the molecule is c1ccc(N(c2ccc(-c3ccc4c5ccccc5n(-c5ccccc5)c4c3)cc2)c2ccc(N(c3ccccc3)c3ccc(-c4ccc5c6ccccc6n(-c6ccccc6)c5c4)cc3)cc2)cc1. The van der Waals surface area contributed by atoms with Crippen LogP contribution in [0.3, 0.4) is 0 Å². The Morgan fingerprint density at radius 2 is 0.471 bits per heavy atom. The molecule has 0 bridgehead atoms. The summed E-state index contributed by atoms with van der Waals surface area (Å²) in [5.41, 5.74) is 18.3. The maximum atomic E-state index is 2.38. The lowest BCUT2D eigenvalue weighted by molar-refractivity contribution is 1.18. The molecule has 0 fully saturated rings. The van der Waals surface area contributed by atoms with E-state index in [1.807, 2.05) is 0 Å². The lowest BCUT2D eigenvalue weighted by Crippen LogP contribution is -2.12. The zero-order valence-electron chi connectivity index (χ0n) is 38.3. The van der Waals surface area contributed by atoms with E-state index < -0.39 is 0 Å². The van der Waals surface area contributed by atoms with Gasteiger partial charge in [-0.25, -0.2) is 0 Å². The number of aromatic nitrogens is 2. The lowest BCUT2D eigenvalue weighted by Gasteiger charge is -2.28. The van der Waals surface area contributed by atoms with Crippen LogP contribution in [0.1, 0.15) is 0 Å². The second kappa shape index (κ2) is 17.4. The normalized spacial score (nSPS) is 11.4. The third-order valence-electron chi connectivity index (χ3n) is 13.7. The molecule has 0 spiro atoms. The minimum absolute atomic E-state index is 1.07. The van der Waals surface area contributed by atoms with Gasteiger partial charge in [0.1, 0.15) is 0 Å². The molecule has 0 unspecified atom stereocenters. The molecule has 4 nitrogen and oxygen atoms in total. The van der Waals surface area contributed by atoms with Crippen molar-refractivity contribution in [3.05, 3.63) is 279 Å². The van der Waals surface area contributed by atoms with E-state index in [1.165, 1.54) is 65.9 Å². The van der Waals surface area contributed by atoms with Gasteiger partial charge in [0.25, 0.3) is 0 Å². The molecule has 0 atom stereocenters. The number of para-hydroxylation sites is 6. The van der Waals surface area contributed by atoms with Gasteiger partial charge in [-0.15, -0.1) is 0 Å². The molecule has 70 heavy (non-hydrogen) atoms. The van der Waals surface area contributed by atoms with Crippen LogP contribution in [0, 0.1) is 0 Å². The van der Waals surface area contributed by atoms with Gasteiger partial charge in [0.05, 0.1) is 22.1 Å². The van der Waals surface area contributed by atoms with Crippen LogP contribution in [-0.4, -0.2) is 9.13 Å². The van der Waals surface area contributed by atoms with Gasteiger partial charge in [-0.3, -0.25) is 0 Å². The van der Waals surface area contributed by atoms with Crippen molar-refractivity contribution in [2.75, 3.05) is 9.80 Å². The van der Waals surface area contributed by atoms with Crippen LogP contribution < -0.4 is 9.80 Å². The highest BCUT2D eigenvalue weighted by atomic mass is 15.2. The van der Waals surface area contributed by atoms with E-state index in [0.29, 0.717) is 0 Å². The summed E-state index contributed by atoms with van der Waals surface area (Å²) < 4.78 is 4.76. The molecule has 11 aromatic carbocycles. The van der Waals surface area contributed by atoms with Crippen molar-refractivity contribution in [2.24, 2.45) is 0 Å². The minimum atomic E-state index is 1.07. The monoisotopic (exact) mass is 894 g/mol. The Labute approximate surface area is 407 Å². The van der Waals surface area contributed by atoms with Crippen LogP contribution in [0.15, 0.2) is 279 Å². The van der Waals surface area contributed by atoms with Gasteiger partial charge in [-0.1, -0.05) is 158 Å². The van der Waals surface area contributed by atoms with Crippen molar-refractivity contribution in [1.82, 2.24) is 9.13 Å². The van der Waals surface area contributed by atoms with E-state index in [4.69, 9.17) is 0 Å². The summed E-state index contributed by atoms with van der Waals surface area (Å²) >= 11 is 0. The molecule has 0 N–H and O–H groups in total. The number of nitrogens with zero attached hydrogens (tertiary/aromatic N) is 4. The number of fused-ring (bicyclic) bond motifs is 6. The fourth-order valence-electron chi connectivity index (χ4n) is 10.4. The van der Waals surface area contributed by atoms with Crippen molar-refractivity contribution < 1.29 is 0 Å². The molecule has 4 heteroatoms. The summed E-state index contributed by atoms with van der Waals surface area (Å²) in [7, 11) is 0. The smallest absolute Gasteiger partial charge is 0.0547 e. The average Bonchev–Trinajstić information content (AvgIpc) is 3.95. The largest absolute Gasteiger partial charge is 0.311 e. The van der Waals surface area contributed by atoms with E-state index in [0.717, 1.165) is 45.5 Å². The van der Waals surface area contributed by atoms with Gasteiger partial charge in [0, 0.05) is 67.0 Å².